The van der Waals surface area contributed by atoms with E-state index in [-0.39, 0.29) is 18.5 Å². The van der Waals surface area contributed by atoms with E-state index < -0.39 is 17.2 Å². The quantitative estimate of drug-likeness (QED) is 0.477. The maximum absolute atomic E-state index is 13.0. The van der Waals surface area contributed by atoms with E-state index >= 15 is 0 Å². The number of ether oxygens (including phenoxy) is 1. The highest BCUT2D eigenvalue weighted by atomic mass is 32.2. The Morgan fingerprint density at radius 3 is 2.59 bits per heavy atom. The Bertz CT molecular complexity index is 854. The highest BCUT2D eigenvalue weighted by molar-refractivity contribution is 8.00. The molecule has 2 N–H and O–H groups in total. The summed E-state index contributed by atoms with van der Waals surface area (Å²) in [6.07, 6.45) is 1.68. The van der Waals surface area contributed by atoms with E-state index in [1.165, 1.54) is 36.0 Å². The number of nitrogens with zero attached hydrogens (tertiary/aromatic N) is 3. The molecule has 1 aromatic carbocycles. The summed E-state index contributed by atoms with van der Waals surface area (Å²) in [7, 11) is 0. The lowest BCUT2D eigenvalue weighted by molar-refractivity contribution is -0.119. The van der Waals surface area contributed by atoms with Crippen molar-refractivity contribution in [3.05, 3.63) is 48.6 Å². The van der Waals surface area contributed by atoms with Gasteiger partial charge < -0.3 is 10.1 Å². The van der Waals surface area contributed by atoms with Gasteiger partial charge in [-0.05, 0) is 45.0 Å². The number of urea groups is 1. The first kappa shape index (κ1) is 22.4. The fourth-order valence-corrected chi connectivity index (χ4v) is 3.10. The number of hydrogen-bond acceptors (Lipinski definition) is 6. The molecule has 3 amide bonds. The van der Waals surface area contributed by atoms with Crippen LogP contribution in [0.15, 0.2) is 42.1 Å². The van der Waals surface area contributed by atoms with Crippen LogP contribution in [-0.4, -0.2) is 38.0 Å². The smallest absolute Gasteiger partial charge is 0.321 e. The molecule has 8 nitrogen and oxygen atoms in total. The third-order valence-corrected chi connectivity index (χ3v) is 4.68. The van der Waals surface area contributed by atoms with Gasteiger partial charge in [-0.2, -0.15) is 0 Å². The molecule has 1 heterocycles. The molecule has 10 heteroatoms. The lowest BCUT2D eigenvalue weighted by Crippen LogP contribution is -2.45. The number of aromatic nitrogens is 3. The minimum atomic E-state index is -0.577. The van der Waals surface area contributed by atoms with Crippen molar-refractivity contribution in [2.45, 2.75) is 50.4 Å². The minimum absolute atomic E-state index is 0.0786. The average molecular weight is 421 g/mol. The van der Waals surface area contributed by atoms with Gasteiger partial charge in [0.25, 0.3) is 0 Å². The van der Waals surface area contributed by atoms with Crippen molar-refractivity contribution in [2.75, 3.05) is 0 Å². The van der Waals surface area contributed by atoms with E-state index in [1.54, 1.807) is 31.4 Å². The Labute approximate surface area is 172 Å². The van der Waals surface area contributed by atoms with Crippen molar-refractivity contribution >= 4 is 23.7 Å². The van der Waals surface area contributed by atoms with Crippen molar-refractivity contribution in [3.8, 4) is 5.75 Å². The molecule has 0 aliphatic rings. The van der Waals surface area contributed by atoms with Crippen molar-refractivity contribution < 1.29 is 18.7 Å². The summed E-state index contributed by atoms with van der Waals surface area (Å²) in [6.45, 7) is 9.53. The zero-order valence-corrected chi connectivity index (χ0v) is 17.3. The maximum atomic E-state index is 13.0. The summed E-state index contributed by atoms with van der Waals surface area (Å²) in [5.41, 5.74) is 0. The molecule has 0 radical (unpaired) electrons. The summed E-state index contributed by atoms with van der Waals surface area (Å²) >= 11 is 1.17. The van der Waals surface area contributed by atoms with Gasteiger partial charge in [0.05, 0.1) is 5.25 Å². The molecule has 0 saturated heterocycles. The fourth-order valence-electron chi connectivity index (χ4n) is 2.23. The van der Waals surface area contributed by atoms with Crippen LogP contribution < -0.4 is 15.4 Å². The Hall–Kier alpha value is -2.88. The van der Waals surface area contributed by atoms with Crippen LogP contribution in [0, 0.1) is 5.82 Å². The van der Waals surface area contributed by atoms with Gasteiger partial charge in [-0.25, -0.2) is 9.18 Å². The molecule has 0 saturated carbocycles. The van der Waals surface area contributed by atoms with Gasteiger partial charge in [0, 0.05) is 12.6 Å². The summed E-state index contributed by atoms with van der Waals surface area (Å²) in [4.78, 5) is 23.9. The van der Waals surface area contributed by atoms with E-state index in [0.717, 1.165) is 0 Å². The lowest BCUT2D eigenvalue weighted by Gasteiger charge is -2.14. The topological polar surface area (TPSA) is 98.1 Å². The zero-order valence-electron chi connectivity index (χ0n) is 16.5. The molecule has 1 atom stereocenters. The second kappa shape index (κ2) is 10.6. The van der Waals surface area contributed by atoms with Gasteiger partial charge in [0.2, 0.25) is 5.91 Å². The number of nitrogens with one attached hydrogen (secondary N) is 2. The monoisotopic (exact) mass is 421 g/mol. The minimum Gasteiger partial charge on any atom is -0.486 e. The number of allylic oxidation sites excluding steroid dienone is 1. The Kier molecular flexibility index (Phi) is 8.20. The van der Waals surface area contributed by atoms with Crippen LogP contribution in [0.4, 0.5) is 9.18 Å². The second-order valence-electron chi connectivity index (χ2n) is 6.42. The summed E-state index contributed by atoms with van der Waals surface area (Å²) < 4.78 is 20.4. The van der Waals surface area contributed by atoms with Crippen LogP contribution in [0.5, 0.6) is 5.75 Å². The molecule has 0 bridgehead atoms. The maximum Gasteiger partial charge on any atom is 0.321 e. The Balaban J connectivity index is 2.02. The van der Waals surface area contributed by atoms with Crippen LogP contribution in [0.3, 0.4) is 0 Å². The molecule has 0 aliphatic carbocycles. The van der Waals surface area contributed by atoms with E-state index in [4.69, 9.17) is 4.74 Å². The van der Waals surface area contributed by atoms with Crippen LogP contribution in [0.25, 0.3) is 0 Å². The predicted molar refractivity (Wildman–Crippen MR) is 108 cm³/mol. The third-order valence-electron chi connectivity index (χ3n) is 3.59. The van der Waals surface area contributed by atoms with E-state index in [1.807, 2.05) is 0 Å². The number of benzene rings is 1. The first-order chi connectivity index (χ1) is 13.8. The number of imide groups is 1. The highest BCUT2D eigenvalue weighted by Crippen LogP contribution is 2.23. The normalized spacial score (nSPS) is 11.8. The summed E-state index contributed by atoms with van der Waals surface area (Å²) in [6, 6.07) is 5.03. The van der Waals surface area contributed by atoms with Gasteiger partial charge in [-0.1, -0.05) is 17.8 Å². The molecule has 1 aromatic heterocycles. The fraction of sp³-hybridized carbons (Fsp3) is 0.368. The average Bonchev–Trinajstić information content (AvgIpc) is 3.02. The first-order valence-corrected chi connectivity index (χ1v) is 9.87. The van der Waals surface area contributed by atoms with Gasteiger partial charge in [0.15, 0.2) is 11.0 Å². The molecular weight excluding hydrogens is 397 g/mol. The molecule has 0 fully saturated rings. The summed E-state index contributed by atoms with van der Waals surface area (Å²) in [5.74, 6) is 0.241. The van der Waals surface area contributed by atoms with Crippen molar-refractivity contribution in [1.82, 2.24) is 25.4 Å². The molecule has 0 spiro atoms. The molecule has 29 heavy (non-hydrogen) atoms. The number of amides is 3. The van der Waals surface area contributed by atoms with E-state index in [0.29, 0.717) is 23.3 Å². The van der Waals surface area contributed by atoms with E-state index in [2.05, 4.69) is 27.4 Å². The molecule has 0 aliphatic heterocycles. The predicted octanol–water partition coefficient (Wildman–Crippen LogP) is 2.90. The van der Waals surface area contributed by atoms with Gasteiger partial charge in [-0.3, -0.25) is 14.7 Å². The standard InChI is InChI=1S/C19H24FN5O3S/c1-5-10-25-16(11-28-15-8-6-14(20)7-9-15)23-24-19(25)29-13(4)17(26)22-18(27)21-12(2)3/h5-9,12-13H,1,10-11H2,2-4H3,(H2,21,22,26,27)/t13-/m1/s1. The molecule has 0 unspecified atom stereocenters. The summed E-state index contributed by atoms with van der Waals surface area (Å²) in [5, 5.41) is 13.0. The Morgan fingerprint density at radius 1 is 1.28 bits per heavy atom. The van der Waals surface area contributed by atoms with E-state index in [9.17, 15) is 14.0 Å². The third kappa shape index (κ3) is 6.90. The van der Waals surface area contributed by atoms with Crippen LogP contribution >= 0.6 is 11.8 Å². The second-order valence-corrected chi connectivity index (χ2v) is 7.73. The number of halogens is 1. The number of carbonyl (C=O) groups is 2. The van der Waals surface area contributed by atoms with Crippen molar-refractivity contribution in [1.29, 1.82) is 0 Å². The molecule has 156 valence electrons. The molecular formula is C19H24FN5O3S. The van der Waals surface area contributed by atoms with Gasteiger partial charge >= 0.3 is 6.03 Å². The zero-order chi connectivity index (χ0) is 21.4. The largest absolute Gasteiger partial charge is 0.486 e. The number of hydrogen-bond donors (Lipinski definition) is 2. The highest BCUT2D eigenvalue weighted by Gasteiger charge is 2.21. The number of thioether (sulfide) groups is 1. The molecule has 2 rings (SSSR count). The Morgan fingerprint density at radius 2 is 1.97 bits per heavy atom. The number of carbonyl (C=O) groups excluding carboxylic acids is 2. The lowest BCUT2D eigenvalue weighted by atomic mass is 10.3. The van der Waals surface area contributed by atoms with Crippen LogP contribution in [-0.2, 0) is 17.9 Å². The molecule has 2 aromatic rings. The van der Waals surface area contributed by atoms with Gasteiger partial charge in [0.1, 0.15) is 18.2 Å². The van der Waals surface area contributed by atoms with Crippen molar-refractivity contribution in [2.24, 2.45) is 0 Å². The first-order valence-electron chi connectivity index (χ1n) is 8.99. The number of rotatable bonds is 9. The van der Waals surface area contributed by atoms with Crippen LogP contribution in [0.2, 0.25) is 0 Å². The SMILES string of the molecule is C=CCn1c(COc2ccc(F)cc2)nnc1S[C@H](C)C(=O)NC(=O)NC(C)C. The van der Waals surface area contributed by atoms with Crippen molar-refractivity contribution in [3.63, 3.8) is 0 Å². The van der Waals surface area contributed by atoms with Crippen LogP contribution in [0.1, 0.15) is 26.6 Å². The van der Waals surface area contributed by atoms with Gasteiger partial charge in [-0.15, -0.1) is 16.8 Å².